The summed E-state index contributed by atoms with van der Waals surface area (Å²) in [4.78, 5) is 6.38. The SMILES string of the molecule is CCN(CCO)c1ccc(NCc2cscn2)cc1. The number of aliphatic hydroxyl groups is 1. The van der Waals surface area contributed by atoms with Crippen LogP contribution in [0.2, 0.25) is 0 Å². The smallest absolute Gasteiger partial charge is 0.0795 e. The molecule has 1 heterocycles. The molecular formula is C14H19N3OS. The fraction of sp³-hybridized carbons (Fsp3) is 0.357. The van der Waals surface area contributed by atoms with Crippen molar-refractivity contribution in [2.75, 3.05) is 29.9 Å². The summed E-state index contributed by atoms with van der Waals surface area (Å²) < 4.78 is 0. The highest BCUT2D eigenvalue weighted by Crippen LogP contribution is 2.18. The van der Waals surface area contributed by atoms with Crippen LogP contribution in [-0.4, -0.2) is 29.8 Å². The predicted molar refractivity (Wildman–Crippen MR) is 80.9 cm³/mol. The third kappa shape index (κ3) is 3.94. The Hall–Kier alpha value is -1.59. The minimum absolute atomic E-state index is 0.178. The third-order valence-electron chi connectivity index (χ3n) is 2.94. The number of nitrogens with one attached hydrogen (secondary N) is 1. The van der Waals surface area contributed by atoms with E-state index in [1.807, 2.05) is 10.9 Å². The number of hydrogen-bond acceptors (Lipinski definition) is 5. The third-order valence-corrected chi connectivity index (χ3v) is 3.58. The molecule has 102 valence electrons. The summed E-state index contributed by atoms with van der Waals surface area (Å²) in [6.07, 6.45) is 0. The molecule has 4 nitrogen and oxygen atoms in total. The molecule has 0 radical (unpaired) electrons. The Kier molecular flexibility index (Phi) is 5.18. The number of aromatic nitrogens is 1. The molecule has 0 saturated heterocycles. The molecular weight excluding hydrogens is 258 g/mol. The van der Waals surface area contributed by atoms with E-state index in [1.54, 1.807) is 11.3 Å². The Morgan fingerprint density at radius 1 is 1.32 bits per heavy atom. The zero-order chi connectivity index (χ0) is 13.5. The molecule has 5 heteroatoms. The maximum Gasteiger partial charge on any atom is 0.0795 e. The first-order valence-corrected chi connectivity index (χ1v) is 7.34. The fourth-order valence-corrected chi connectivity index (χ4v) is 2.46. The topological polar surface area (TPSA) is 48.4 Å². The molecule has 19 heavy (non-hydrogen) atoms. The van der Waals surface area contributed by atoms with Gasteiger partial charge in [0, 0.05) is 29.8 Å². The van der Waals surface area contributed by atoms with Crippen molar-refractivity contribution in [1.82, 2.24) is 4.98 Å². The van der Waals surface area contributed by atoms with Crippen molar-refractivity contribution in [2.45, 2.75) is 13.5 Å². The minimum atomic E-state index is 0.178. The van der Waals surface area contributed by atoms with E-state index < -0.39 is 0 Å². The van der Waals surface area contributed by atoms with Gasteiger partial charge in [-0.1, -0.05) is 0 Å². The van der Waals surface area contributed by atoms with Crippen molar-refractivity contribution in [2.24, 2.45) is 0 Å². The lowest BCUT2D eigenvalue weighted by Crippen LogP contribution is -2.25. The van der Waals surface area contributed by atoms with Crippen LogP contribution < -0.4 is 10.2 Å². The largest absolute Gasteiger partial charge is 0.395 e. The van der Waals surface area contributed by atoms with Gasteiger partial charge in [0.05, 0.1) is 24.4 Å². The first-order chi connectivity index (χ1) is 9.33. The first-order valence-electron chi connectivity index (χ1n) is 6.40. The van der Waals surface area contributed by atoms with Gasteiger partial charge in [0.15, 0.2) is 0 Å². The van der Waals surface area contributed by atoms with E-state index in [1.165, 1.54) is 0 Å². The van der Waals surface area contributed by atoms with Crippen LogP contribution in [0.5, 0.6) is 0 Å². The van der Waals surface area contributed by atoms with Crippen molar-refractivity contribution in [3.05, 3.63) is 40.8 Å². The van der Waals surface area contributed by atoms with Crippen LogP contribution in [-0.2, 0) is 6.54 Å². The van der Waals surface area contributed by atoms with Gasteiger partial charge in [-0.25, -0.2) is 4.98 Å². The lowest BCUT2D eigenvalue weighted by molar-refractivity contribution is 0.302. The van der Waals surface area contributed by atoms with Gasteiger partial charge in [0.2, 0.25) is 0 Å². The van der Waals surface area contributed by atoms with Crippen LogP contribution in [0.3, 0.4) is 0 Å². The molecule has 0 aliphatic rings. The van der Waals surface area contributed by atoms with E-state index in [2.05, 4.69) is 46.4 Å². The first kappa shape index (κ1) is 13.8. The van der Waals surface area contributed by atoms with Gasteiger partial charge in [-0.05, 0) is 31.2 Å². The molecule has 0 aliphatic carbocycles. The second-order valence-electron chi connectivity index (χ2n) is 4.18. The molecule has 0 fully saturated rings. The Morgan fingerprint density at radius 3 is 2.68 bits per heavy atom. The van der Waals surface area contributed by atoms with Crippen LogP contribution in [0.25, 0.3) is 0 Å². The lowest BCUT2D eigenvalue weighted by atomic mass is 10.2. The fourth-order valence-electron chi connectivity index (χ4n) is 1.90. The van der Waals surface area contributed by atoms with Crippen molar-refractivity contribution in [3.8, 4) is 0 Å². The summed E-state index contributed by atoms with van der Waals surface area (Å²) in [6, 6.07) is 8.26. The zero-order valence-corrected chi connectivity index (χ0v) is 11.9. The minimum Gasteiger partial charge on any atom is -0.395 e. The monoisotopic (exact) mass is 277 g/mol. The number of likely N-dealkylation sites (N-methyl/N-ethyl adjacent to an activating group) is 1. The Morgan fingerprint density at radius 2 is 2.11 bits per heavy atom. The lowest BCUT2D eigenvalue weighted by Gasteiger charge is -2.22. The second kappa shape index (κ2) is 7.11. The summed E-state index contributed by atoms with van der Waals surface area (Å²) >= 11 is 1.61. The van der Waals surface area contributed by atoms with Gasteiger partial charge >= 0.3 is 0 Å². The van der Waals surface area contributed by atoms with E-state index in [0.29, 0.717) is 6.54 Å². The van der Waals surface area contributed by atoms with Gasteiger partial charge in [0.1, 0.15) is 0 Å². The molecule has 0 saturated carbocycles. The zero-order valence-electron chi connectivity index (χ0n) is 11.0. The van der Waals surface area contributed by atoms with Crippen molar-refractivity contribution >= 4 is 22.7 Å². The van der Waals surface area contributed by atoms with Crippen LogP contribution in [0.1, 0.15) is 12.6 Å². The van der Waals surface area contributed by atoms with E-state index in [0.717, 1.165) is 30.2 Å². The van der Waals surface area contributed by atoms with Crippen LogP contribution in [0.4, 0.5) is 11.4 Å². The number of hydrogen-bond donors (Lipinski definition) is 2. The standard InChI is InChI=1S/C14H19N3OS/c1-2-17(7-8-18)14-5-3-12(4-6-14)15-9-13-10-19-11-16-13/h3-6,10-11,15,18H,2,7-9H2,1H3. The highest BCUT2D eigenvalue weighted by atomic mass is 32.1. The molecule has 0 bridgehead atoms. The molecule has 0 amide bonds. The van der Waals surface area contributed by atoms with E-state index in [4.69, 9.17) is 5.11 Å². The quantitative estimate of drug-likeness (QED) is 0.816. The van der Waals surface area contributed by atoms with E-state index in [-0.39, 0.29) is 6.61 Å². The Labute approximate surface area is 117 Å². The van der Waals surface area contributed by atoms with E-state index in [9.17, 15) is 0 Å². The Balaban J connectivity index is 1.93. The average molecular weight is 277 g/mol. The molecule has 0 unspecified atom stereocenters. The van der Waals surface area contributed by atoms with Gasteiger partial charge in [-0.15, -0.1) is 11.3 Å². The van der Waals surface area contributed by atoms with Gasteiger partial charge in [0.25, 0.3) is 0 Å². The predicted octanol–water partition coefficient (Wildman–Crippen LogP) is 2.57. The number of nitrogens with zero attached hydrogens (tertiary/aromatic N) is 2. The maximum absolute atomic E-state index is 9.01. The molecule has 1 aromatic heterocycles. The summed E-state index contributed by atoms with van der Waals surface area (Å²) in [5, 5.41) is 14.4. The average Bonchev–Trinajstić information content (AvgIpc) is 2.96. The highest BCUT2D eigenvalue weighted by molar-refractivity contribution is 7.07. The number of anilines is 2. The highest BCUT2D eigenvalue weighted by Gasteiger charge is 2.03. The molecule has 2 rings (SSSR count). The van der Waals surface area contributed by atoms with Gasteiger partial charge < -0.3 is 15.3 Å². The van der Waals surface area contributed by atoms with Crippen molar-refractivity contribution in [3.63, 3.8) is 0 Å². The normalized spacial score (nSPS) is 10.4. The number of thiazole rings is 1. The summed E-state index contributed by atoms with van der Waals surface area (Å²) in [7, 11) is 0. The van der Waals surface area contributed by atoms with Crippen LogP contribution in [0, 0.1) is 0 Å². The molecule has 2 N–H and O–H groups in total. The maximum atomic E-state index is 9.01. The van der Waals surface area contributed by atoms with Crippen molar-refractivity contribution < 1.29 is 5.11 Å². The molecule has 0 spiro atoms. The molecule has 1 aromatic carbocycles. The van der Waals surface area contributed by atoms with Gasteiger partial charge in [-0.3, -0.25) is 0 Å². The summed E-state index contributed by atoms with van der Waals surface area (Å²) in [6.45, 7) is 4.58. The summed E-state index contributed by atoms with van der Waals surface area (Å²) in [5.74, 6) is 0. The van der Waals surface area contributed by atoms with Gasteiger partial charge in [-0.2, -0.15) is 0 Å². The van der Waals surface area contributed by atoms with E-state index >= 15 is 0 Å². The van der Waals surface area contributed by atoms with Crippen LogP contribution in [0.15, 0.2) is 35.2 Å². The number of rotatable bonds is 7. The second-order valence-corrected chi connectivity index (χ2v) is 4.90. The van der Waals surface area contributed by atoms with Crippen molar-refractivity contribution in [1.29, 1.82) is 0 Å². The number of benzene rings is 1. The molecule has 0 atom stereocenters. The molecule has 2 aromatic rings. The van der Waals surface area contributed by atoms with Crippen LogP contribution >= 0.6 is 11.3 Å². The summed E-state index contributed by atoms with van der Waals surface area (Å²) in [5.41, 5.74) is 5.12. The Bertz CT molecular complexity index is 470. The number of aliphatic hydroxyl groups excluding tert-OH is 1. The molecule has 0 aliphatic heterocycles.